The monoisotopic (exact) mass is 259 g/mol. The Bertz CT molecular complexity index is 512. The summed E-state index contributed by atoms with van der Waals surface area (Å²) in [5, 5.41) is 0. The van der Waals surface area contributed by atoms with Gasteiger partial charge in [-0.3, -0.25) is 19.5 Å². The number of nitrogens with zero attached hydrogens (tertiary/aromatic N) is 3. The summed E-state index contributed by atoms with van der Waals surface area (Å²) in [6.45, 7) is 2.76. The largest absolute Gasteiger partial charge is 0.329 e. The van der Waals surface area contributed by atoms with Gasteiger partial charge in [-0.2, -0.15) is 0 Å². The number of carbonyl (C=O) groups excluding carboxylic acids is 2. The quantitative estimate of drug-likeness (QED) is 0.759. The molecule has 2 aliphatic rings. The highest BCUT2D eigenvalue weighted by Gasteiger charge is 2.40. The van der Waals surface area contributed by atoms with E-state index in [2.05, 4.69) is 4.98 Å². The Labute approximate surface area is 112 Å². The highest BCUT2D eigenvalue weighted by Crippen LogP contribution is 2.26. The average Bonchev–Trinajstić information content (AvgIpc) is 2.44. The van der Waals surface area contributed by atoms with Gasteiger partial charge in [-0.25, -0.2) is 0 Å². The topological polar surface area (TPSA) is 53.5 Å². The molecule has 1 aromatic heterocycles. The standard InChI is InChI=1S/C14H17N3O2/c1-10-5-6-11(8-15-10)17-9-13(18)16-7-3-2-4-12(16)14(17)19/h5-6,8,12H,2-4,7,9H2,1H3. The number of anilines is 1. The molecule has 1 aromatic rings. The second kappa shape index (κ2) is 4.64. The molecule has 2 saturated heterocycles. The summed E-state index contributed by atoms with van der Waals surface area (Å²) in [7, 11) is 0. The van der Waals surface area contributed by atoms with Crippen LogP contribution in [-0.2, 0) is 9.59 Å². The van der Waals surface area contributed by atoms with E-state index in [1.165, 1.54) is 0 Å². The molecule has 1 atom stereocenters. The van der Waals surface area contributed by atoms with Gasteiger partial charge in [0.15, 0.2) is 0 Å². The van der Waals surface area contributed by atoms with Crippen LogP contribution in [0, 0.1) is 6.92 Å². The Hall–Kier alpha value is -1.91. The van der Waals surface area contributed by atoms with Crippen LogP contribution in [0.15, 0.2) is 18.3 Å². The molecule has 0 N–H and O–H groups in total. The fourth-order valence-corrected chi connectivity index (χ4v) is 2.81. The third kappa shape index (κ3) is 2.09. The van der Waals surface area contributed by atoms with Gasteiger partial charge in [-0.15, -0.1) is 0 Å². The maximum atomic E-state index is 12.5. The summed E-state index contributed by atoms with van der Waals surface area (Å²) in [6.07, 6.45) is 4.46. The van der Waals surface area contributed by atoms with Crippen LogP contribution < -0.4 is 4.90 Å². The molecular formula is C14H17N3O2. The van der Waals surface area contributed by atoms with Gasteiger partial charge in [-0.05, 0) is 38.3 Å². The summed E-state index contributed by atoms with van der Waals surface area (Å²) in [5.74, 6) is 0.0785. The molecule has 2 amide bonds. The Kier molecular flexibility index (Phi) is 2.97. The van der Waals surface area contributed by atoms with Crippen LogP contribution >= 0.6 is 0 Å². The number of pyridine rings is 1. The molecule has 3 rings (SSSR count). The molecule has 5 nitrogen and oxygen atoms in total. The summed E-state index contributed by atoms with van der Waals surface area (Å²) in [4.78, 5) is 32.1. The van der Waals surface area contributed by atoms with Crippen molar-refractivity contribution in [2.75, 3.05) is 18.0 Å². The van der Waals surface area contributed by atoms with Crippen LogP contribution in [0.4, 0.5) is 5.69 Å². The van der Waals surface area contributed by atoms with E-state index in [4.69, 9.17) is 0 Å². The molecule has 19 heavy (non-hydrogen) atoms. The van der Waals surface area contributed by atoms with E-state index in [-0.39, 0.29) is 24.4 Å². The normalized spacial score (nSPS) is 23.5. The van der Waals surface area contributed by atoms with E-state index in [1.807, 2.05) is 19.1 Å². The van der Waals surface area contributed by atoms with Crippen molar-refractivity contribution in [1.82, 2.24) is 9.88 Å². The zero-order valence-electron chi connectivity index (χ0n) is 11.0. The molecule has 1 unspecified atom stereocenters. The third-order valence-electron chi connectivity index (χ3n) is 3.88. The Morgan fingerprint density at radius 1 is 1.26 bits per heavy atom. The number of hydrogen-bond donors (Lipinski definition) is 0. The number of amides is 2. The smallest absolute Gasteiger partial charge is 0.250 e. The first-order valence-electron chi connectivity index (χ1n) is 6.70. The lowest BCUT2D eigenvalue weighted by Gasteiger charge is -2.42. The van der Waals surface area contributed by atoms with E-state index < -0.39 is 0 Å². The highest BCUT2D eigenvalue weighted by molar-refractivity contribution is 6.06. The number of hydrogen-bond acceptors (Lipinski definition) is 3. The van der Waals surface area contributed by atoms with Crippen LogP contribution in [0.3, 0.4) is 0 Å². The molecule has 0 radical (unpaired) electrons. The molecule has 0 aromatic carbocycles. The first-order chi connectivity index (χ1) is 9.16. The third-order valence-corrected chi connectivity index (χ3v) is 3.88. The zero-order chi connectivity index (χ0) is 13.4. The van der Waals surface area contributed by atoms with Crippen molar-refractivity contribution in [1.29, 1.82) is 0 Å². The Morgan fingerprint density at radius 3 is 2.84 bits per heavy atom. The summed E-state index contributed by atoms with van der Waals surface area (Å²) < 4.78 is 0. The number of rotatable bonds is 1. The minimum atomic E-state index is -0.267. The van der Waals surface area contributed by atoms with E-state index in [0.29, 0.717) is 5.69 Å². The minimum absolute atomic E-state index is 0.0324. The van der Waals surface area contributed by atoms with Crippen molar-refractivity contribution in [3.63, 3.8) is 0 Å². The lowest BCUT2D eigenvalue weighted by molar-refractivity contribution is -0.144. The van der Waals surface area contributed by atoms with Gasteiger partial charge >= 0.3 is 0 Å². The minimum Gasteiger partial charge on any atom is -0.329 e. The molecule has 2 aliphatic heterocycles. The van der Waals surface area contributed by atoms with Gasteiger partial charge in [0.05, 0.1) is 11.9 Å². The van der Waals surface area contributed by atoms with Gasteiger partial charge in [0.2, 0.25) is 11.8 Å². The maximum Gasteiger partial charge on any atom is 0.250 e. The lowest BCUT2D eigenvalue weighted by atomic mass is 9.98. The molecule has 3 heterocycles. The van der Waals surface area contributed by atoms with Crippen molar-refractivity contribution < 1.29 is 9.59 Å². The van der Waals surface area contributed by atoms with Crippen LogP contribution in [-0.4, -0.2) is 40.8 Å². The van der Waals surface area contributed by atoms with Gasteiger partial charge in [0.25, 0.3) is 0 Å². The van der Waals surface area contributed by atoms with Gasteiger partial charge < -0.3 is 4.90 Å². The molecule has 5 heteroatoms. The molecular weight excluding hydrogens is 242 g/mol. The van der Waals surface area contributed by atoms with E-state index in [9.17, 15) is 9.59 Å². The fourth-order valence-electron chi connectivity index (χ4n) is 2.81. The van der Waals surface area contributed by atoms with Crippen LogP contribution in [0.25, 0.3) is 0 Å². The summed E-state index contributed by atoms with van der Waals surface area (Å²) >= 11 is 0. The molecule has 2 fully saturated rings. The Morgan fingerprint density at radius 2 is 2.11 bits per heavy atom. The number of piperidine rings is 1. The van der Waals surface area contributed by atoms with Crippen molar-refractivity contribution in [3.8, 4) is 0 Å². The number of carbonyl (C=O) groups is 2. The summed E-state index contributed by atoms with van der Waals surface area (Å²) in [5.41, 5.74) is 1.62. The van der Waals surface area contributed by atoms with Crippen LogP contribution in [0.2, 0.25) is 0 Å². The van der Waals surface area contributed by atoms with Crippen LogP contribution in [0.1, 0.15) is 25.0 Å². The first kappa shape index (κ1) is 12.1. The number of fused-ring (bicyclic) bond motifs is 1. The summed E-state index contributed by atoms with van der Waals surface area (Å²) in [6, 6.07) is 3.45. The lowest BCUT2D eigenvalue weighted by Crippen LogP contribution is -2.61. The predicted octanol–water partition coefficient (Wildman–Crippen LogP) is 1.12. The fraction of sp³-hybridized carbons (Fsp3) is 0.500. The number of aromatic nitrogens is 1. The Balaban J connectivity index is 1.89. The average molecular weight is 259 g/mol. The van der Waals surface area contributed by atoms with Crippen molar-refractivity contribution in [3.05, 3.63) is 24.0 Å². The highest BCUT2D eigenvalue weighted by atomic mass is 16.2. The van der Waals surface area contributed by atoms with Crippen molar-refractivity contribution >= 4 is 17.5 Å². The zero-order valence-corrected chi connectivity index (χ0v) is 11.0. The number of piperazine rings is 1. The van der Waals surface area contributed by atoms with E-state index in [1.54, 1.807) is 16.0 Å². The van der Waals surface area contributed by atoms with Crippen LogP contribution in [0.5, 0.6) is 0 Å². The van der Waals surface area contributed by atoms with Crippen molar-refractivity contribution in [2.45, 2.75) is 32.2 Å². The first-order valence-corrected chi connectivity index (χ1v) is 6.70. The molecule has 100 valence electrons. The van der Waals surface area contributed by atoms with Gasteiger partial charge in [0, 0.05) is 12.2 Å². The SMILES string of the molecule is Cc1ccc(N2CC(=O)N3CCCCC3C2=O)cn1. The van der Waals surface area contributed by atoms with E-state index in [0.717, 1.165) is 31.5 Å². The number of aryl methyl sites for hydroxylation is 1. The second-order valence-corrected chi connectivity index (χ2v) is 5.18. The van der Waals surface area contributed by atoms with E-state index >= 15 is 0 Å². The molecule has 0 bridgehead atoms. The van der Waals surface area contributed by atoms with Gasteiger partial charge in [0.1, 0.15) is 12.6 Å². The maximum absolute atomic E-state index is 12.5. The molecule has 0 aliphatic carbocycles. The van der Waals surface area contributed by atoms with Crippen molar-refractivity contribution in [2.24, 2.45) is 0 Å². The van der Waals surface area contributed by atoms with Gasteiger partial charge in [-0.1, -0.05) is 0 Å². The molecule has 0 spiro atoms. The second-order valence-electron chi connectivity index (χ2n) is 5.18. The predicted molar refractivity (Wildman–Crippen MR) is 70.7 cm³/mol. The molecule has 0 saturated carbocycles.